The highest BCUT2D eigenvalue weighted by Crippen LogP contribution is 2.29. The summed E-state index contributed by atoms with van der Waals surface area (Å²) in [5.74, 6) is -1.11. The van der Waals surface area contributed by atoms with Crippen molar-refractivity contribution >= 4 is 35.3 Å². The van der Waals surface area contributed by atoms with Gasteiger partial charge in [0.2, 0.25) is 5.95 Å². The molecule has 0 aliphatic carbocycles. The minimum atomic E-state index is -1.21. The summed E-state index contributed by atoms with van der Waals surface area (Å²) in [4.78, 5) is 33.9. The fourth-order valence-corrected chi connectivity index (χ4v) is 2.43. The van der Waals surface area contributed by atoms with E-state index in [0.29, 0.717) is 11.4 Å². The van der Waals surface area contributed by atoms with E-state index in [1.54, 1.807) is 40.7 Å². The maximum absolute atomic E-state index is 12.8. The summed E-state index contributed by atoms with van der Waals surface area (Å²) in [6.45, 7) is 8.74. The largest absolute Gasteiger partial charge is 0.478 e. The van der Waals surface area contributed by atoms with Gasteiger partial charge in [-0.05, 0) is 58.9 Å². The first kappa shape index (κ1) is 19.7. The highest BCUT2D eigenvalue weighted by molar-refractivity contribution is 6.33. The number of aromatic carboxylic acids is 1. The van der Waals surface area contributed by atoms with E-state index in [-0.39, 0.29) is 22.2 Å². The predicted octanol–water partition coefficient (Wildman–Crippen LogP) is 4.52. The molecule has 0 atom stereocenters. The summed E-state index contributed by atoms with van der Waals surface area (Å²) < 4.78 is 5.45. The lowest BCUT2D eigenvalue weighted by atomic mass is 10.2. The Balaban J connectivity index is 2.62. The van der Waals surface area contributed by atoms with E-state index < -0.39 is 17.7 Å². The molecule has 0 aliphatic rings. The Hall–Kier alpha value is -2.67. The molecule has 26 heavy (non-hydrogen) atoms. The summed E-state index contributed by atoms with van der Waals surface area (Å²) in [6, 6.07) is 5.97. The van der Waals surface area contributed by atoms with Crippen LogP contribution in [0.1, 0.15) is 42.5 Å². The molecule has 1 aromatic heterocycles. The van der Waals surface area contributed by atoms with E-state index in [9.17, 15) is 14.7 Å². The van der Waals surface area contributed by atoms with E-state index in [0.717, 1.165) is 4.90 Å². The molecule has 0 bridgehead atoms. The molecule has 1 N–H and O–H groups in total. The van der Waals surface area contributed by atoms with Gasteiger partial charge < -0.3 is 9.84 Å². The van der Waals surface area contributed by atoms with Crippen molar-refractivity contribution in [3.63, 3.8) is 0 Å². The molecular weight excluding hydrogens is 358 g/mol. The molecule has 0 saturated heterocycles. The van der Waals surface area contributed by atoms with Crippen LogP contribution in [0.15, 0.2) is 24.3 Å². The van der Waals surface area contributed by atoms with Crippen molar-refractivity contribution in [1.82, 2.24) is 9.97 Å². The molecular formula is C18H20ClN3O4. The van der Waals surface area contributed by atoms with Gasteiger partial charge in [-0.1, -0.05) is 11.6 Å². The quantitative estimate of drug-likeness (QED) is 0.845. The number of hydrogen-bond donors (Lipinski definition) is 1. The minimum absolute atomic E-state index is 0.0618. The number of carbonyl (C=O) groups excluding carboxylic acids is 1. The van der Waals surface area contributed by atoms with E-state index in [1.807, 2.05) is 0 Å². The van der Waals surface area contributed by atoms with Crippen LogP contribution in [0.2, 0.25) is 5.02 Å². The maximum Gasteiger partial charge on any atom is 0.421 e. The van der Waals surface area contributed by atoms with Crippen LogP contribution in [0.4, 0.5) is 16.4 Å². The topological polar surface area (TPSA) is 92.6 Å². The Morgan fingerprint density at radius 2 is 1.69 bits per heavy atom. The third-order valence-electron chi connectivity index (χ3n) is 3.19. The molecule has 0 radical (unpaired) electrons. The highest BCUT2D eigenvalue weighted by atomic mass is 35.5. The zero-order valence-corrected chi connectivity index (χ0v) is 16.0. The van der Waals surface area contributed by atoms with Crippen molar-refractivity contribution in [2.45, 2.75) is 40.2 Å². The van der Waals surface area contributed by atoms with Gasteiger partial charge in [0.15, 0.2) is 0 Å². The van der Waals surface area contributed by atoms with Crippen LogP contribution in [0, 0.1) is 13.8 Å². The third-order valence-corrected chi connectivity index (χ3v) is 3.51. The van der Waals surface area contributed by atoms with E-state index in [4.69, 9.17) is 16.3 Å². The van der Waals surface area contributed by atoms with E-state index in [1.165, 1.54) is 18.2 Å². The number of carboxylic acids is 1. The first-order valence-electron chi connectivity index (χ1n) is 7.86. The molecule has 0 spiro atoms. The van der Waals surface area contributed by atoms with Gasteiger partial charge in [-0.15, -0.1) is 0 Å². The zero-order valence-electron chi connectivity index (χ0n) is 15.2. The normalized spacial score (nSPS) is 11.2. The molecule has 2 rings (SSSR count). The Morgan fingerprint density at radius 1 is 1.12 bits per heavy atom. The van der Waals surface area contributed by atoms with Crippen molar-refractivity contribution in [3.05, 3.63) is 46.2 Å². The molecule has 138 valence electrons. The minimum Gasteiger partial charge on any atom is -0.478 e. The number of amides is 1. The van der Waals surface area contributed by atoms with Crippen LogP contribution in [0.5, 0.6) is 0 Å². The third kappa shape index (κ3) is 4.70. The number of rotatable bonds is 3. The van der Waals surface area contributed by atoms with E-state index >= 15 is 0 Å². The maximum atomic E-state index is 12.8. The number of halogens is 1. The fourth-order valence-electron chi connectivity index (χ4n) is 2.23. The van der Waals surface area contributed by atoms with Gasteiger partial charge in [0.05, 0.1) is 16.3 Å². The van der Waals surface area contributed by atoms with Crippen LogP contribution in [-0.2, 0) is 4.74 Å². The van der Waals surface area contributed by atoms with Crippen LogP contribution in [0.3, 0.4) is 0 Å². The predicted molar refractivity (Wildman–Crippen MR) is 98.3 cm³/mol. The summed E-state index contributed by atoms with van der Waals surface area (Å²) in [7, 11) is 0. The Bertz CT molecular complexity index is 842. The SMILES string of the molecule is Cc1cc(C)nc(N(C(=O)OC(C)(C)C)c2ccc(Cl)c(C(=O)O)c2)n1. The lowest BCUT2D eigenvalue weighted by Crippen LogP contribution is -2.35. The molecule has 7 nitrogen and oxygen atoms in total. The number of ether oxygens (including phenoxy) is 1. The number of carboxylic acid groups (broad SMARTS) is 1. The summed E-state index contributed by atoms with van der Waals surface area (Å²) in [6.07, 6.45) is -0.721. The molecule has 8 heteroatoms. The van der Waals surface area contributed by atoms with Crippen LogP contribution >= 0.6 is 11.6 Å². The number of aromatic nitrogens is 2. The molecule has 1 aromatic carbocycles. The molecule has 1 amide bonds. The van der Waals surface area contributed by atoms with Crippen LogP contribution in [0.25, 0.3) is 0 Å². The van der Waals surface area contributed by atoms with Crippen molar-refractivity contribution in [2.24, 2.45) is 0 Å². The second-order valence-corrected chi connectivity index (χ2v) is 7.14. The Labute approximate surface area is 156 Å². The van der Waals surface area contributed by atoms with Crippen LogP contribution < -0.4 is 4.90 Å². The first-order chi connectivity index (χ1) is 12.0. The Kier molecular flexibility index (Phi) is 5.51. The molecule has 1 heterocycles. The highest BCUT2D eigenvalue weighted by Gasteiger charge is 2.28. The standard InChI is InChI=1S/C18H20ClN3O4/c1-10-8-11(2)21-16(20-10)22(17(25)26-18(3,4)5)12-6-7-14(19)13(9-12)15(23)24/h6-9H,1-5H3,(H,23,24). The van der Waals surface area contributed by atoms with Crippen molar-refractivity contribution < 1.29 is 19.4 Å². The molecule has 2 aromatic rings. The average molecular weight is 378 g/mol. The first-order valence-corrected chi connectivity index (χ1v) is 8.24. The smallest absolute Gasteiger partial charge is 0.421 e. The lowest BCUT2D eigenvalue weighted by molar-refractivity contribution is 0.0595. The zero-order chi connectivity index (χ0) is 19.6. The summed E-state index contributed by atoms with van der Waals surface area (Å²) >= 11 is 5.93. The van der Waals surface area contributed by atoms with Crippen molar-refractivity contribution in [1.29, 1.82) is 0 Å². The second-order valence-electron chi connectivity index (χ2n) is 6.74. The molecule has 0 saturated carbocycles. The van der Waals surface area contributed by atoms with E-state index in [2.05, 4.69) is 9.97 Å². The summed E-state index contributed by atoms with van der Waals surface area (Å²) in [5.41, 5.74) is 0.672. The fraction of sp³-hybridized carbons (Fsp3) is 0.333. The van der Waals surface area contributed by atoms with Gasteiger partial charge in [-0.2, -0.15) is 0 Å². The average Bonchev–Trinajstić information content (AvgIpc) is 2.46. The van der Waals surface area contributed by atoms with Gasteiger partial charge in [0.25, 0.3) is 0 Å². The van der Waals surface area contributed by atoms with Crippen LogP contribution in [-0.4, -0.2) is 32.7 Å². The van der Waals surface area contributed by atoms with Gasteiger partial charge in [-0.25, -0.2) is 24.5 Å². The Morgan fingerprint density at radius 3 is 2.19 bits per heavy atom. The number of benzene rings is 1. The molecule has 0 aliphatic heterocycles. The molecule has 0 fully saturated rings. The van der Waals surface area contributed by atoms with Gasteiger partial charge in [0.1, 0.15) is 5.60 Å². The van der Waals surface area contributed by atoms with Gasteiger partial charge in [0, 0.05) is 11.4 Å². The number of aryl methyl sites for hydroxylation is 2. The lowest BCUT2D eigenvalue weighted by Gasteiger charge is -2.26. The van der Waals surface area contributed by atoms with Gasteiger partial charge in [-0.3, -0.25) is 0 Å². The number of nitrogens with zero attached hydrogens (tertiary/aromatic N) is 3. The number of anilines is 2. The number of carbonyl (C=O) groups is 2. The van der Waals surface area contributed by atoms with Crippen molar-refractivity contribution in [2.75, 3.05) is 4.90 Å². The monoisotopic (exact) mass is 377 g/mol. The molecule has 0 unspecified atom stereocenters. The summed E-state index contributed by atoms with van der Waals surface area (Å²) in [5, 5.41) is 9.37. The second kappa shape index (κ2) is 7.29. The van der Waals surface area contributed by atoms with Gasteiger partial charge >= 0.3 is 12.1 Å². The number of hydrogen-bond acceptors (Lipinski definition) is 5. The van der Waals surface area contributed by atoms with Crippen molar-refractivity contribution in [3.8, 4) is 0 Å².